The van der Waals surface area contributed by atoms with Gasteiger partial charge in [0, 0.05) is 12.8 Å². The summed E-state index contributed by atoms with van der Waals surface area (Å²) in [5, 5.41) is 12.8. The zero-order valence-electron chi connectivity index (χ0n) is 8.32. The lowest BCUT2D eigenvalue weighted by Gasteiger charge is -1.97. The summed E-state index contributed by atoms with van der Waals surface area (Å²) in [5.74, 6) is 1.76. The molecule has 0 aliphatic heterocycles. The number of aliphatic hydroxyl groups is 1. The van der Waals surface area contributed by atoms with Crippen molar-refractivity contribution < 1.29 is 9.63 Å². The molecule has 1 N–H and O–H groups in total. The lowest BCUT2D eigenvalue weighted by molar-refractivity contribution is 0.191. The molecule has 0 bridgehead atoms. The molecule has 1 rings (SSSR count). The molecule has 4 heteroatoms. The Balaban J connectivity index is 2.53. The Morgan fingerprint density at radius 2 is 2.00 bits per heavy atom. The quantitative estimate of drug-likeness (QED) is 0.763. The van der Waals surface area contributed by atoms with Crippen LogP contribution in [0.15, 0.2) is 4.52 Å². The summed E-state index contributed by atoms with van der Waals surface area (Å²) in [6.07, 6.45) is 0.846. The van der Waals surface area contributed by atoms with Crippen molar-refractivity contribution in [2.75, 3.05) is 0 Å². The number of aromatic nitrogens is 2. The number of rotatable bonds is 4. The Labute approximate surface area is 78.0 Å². The smallest absolute Gasteiger partial charge is 0.226 e. The molecule has 0 saturated carbocycles. The summed E-state index contributed by atoms with van der Waals surface area (Å²) < 4.78 is 5.00. The second-order valence-electron chi connectivity index (χ2n) is 3.76. The number of aliphatic hydroxyl groups excluding tert-OH is 1. The fourth-order valence-corrected chi connectivity index (χ4v) is 1.07. The maximum atomic E-state index is 9.08. The lowest BCUT2D eigenvalue weighted by Crippen LogP contribution is -2.05. The zero-order valence-corrected chi connectivity index (χ0v) is 8.32. The first-order valence-corrected chi connectivity index (χ1v) is 4.57. The van der Waals surface area contributed by atoms with Gasteiger partial charge in [-0.3, -0.25) is 0 Å². The molecule has 1 unspecified atom stereocenters. The fourth-order valence-electron chi connectivity index (χ4n) is 1.07. The minimum atomic E-state index is -0.413. The van der Waals surface area contributed by atoms with E-state index in [-0.39, 0.29) is 0 Å². The fraction of sp³-hybridized carbons (Fsp3) is 0.778. The van der Waals surface area contributed by atoms with E-state index in [2.05, 4.69) is 24.0 Å². The SMILES string of the molecule is CC(C)Cc1nc(CC(C)O)no1. The van der Waals surface area contributed by atoms with Crippen LogP contribution in [0, 0.1) is 5.92 Å². The van der Waals surface area contributed by atoms with Gasteiger partial charge in [0.05, 0.1) is 6.10 Å². The van der Waals surface area contributed by atoms with Gasteiger partial charge in [0.15, 0.2) is 5.82 Å². The van der Waals surface area contributed by atoms with Gasteiger partial charge in [-0.05, 0) is 12.8 Å². The van der Waals surface area contributed by atoms with E-state index in [0.717, 1.165) is 6.42 Å². The van der Waals surface area contributed by atoms with Gasteiger partial charge in [-0.2, -0.15) is 4.98 Å². The molecule has 1 aromatic heterocycles. The van der Waals surface area contributed by atoms with E-state index in [0.29, 0.717) is 24.1 Å². The van der Waals surface area contributed by atoms with Crippen LogP contribution in [0.4, 0.5) is 0 Å². The second kappa shape index (κ2) is 4.37. The maximum absolute atomic E-state index is 9.08. The van der Waals surface area contributed by atoms with E-state index >= 15 is 0 Å². The van der Waals surface area contributed by atoms with Crippen molar-refractivity contribution in [3.8, 4) is 0 Å². The molecular weight excluding hydrogens is 168 g/mol. The Hall–Kier alpha value is -0.900. The lowest BCUT2D eigenvalue weighted by atomic mass is 10.1. The molecule has 0 saturated heterocycles. The van der Waals surface area contributed by atoms with Gasteiger partial charge in [-0.15, -0.1) is 0 Å². The predicted molar refractivity (Wildman–Crippen MR) is 48.2 cm³/mol. The van der Waals surface area contributed by atoms with Gasteiger partial charge in [-0.25, -0.2) is 0 Å². The van der Waals surface area contributed by atoms with Crippen molar-refractivity contribution in [1.29, 1.82) is 0 Å². The summed E-state index contributed by atoms with van der Waals surface area (Å²) in [4.78, 5) is 4.15. The summed E-state index contributed by atoms with van der Waals surface area (Å²) in [6.45, 7) is 5.90. The Bertz CT molecular complexity index is 231. The number of hydrogen-bond donors (Lipinski definition) is 1. The van der Waals surface area contributed by atoms with Crippen molar-refractivity contribution in [3.63, 3.8) is 0 Å². The van der Waals surface area contributed by atoms with E-state index < -0.39 is 6.10 Å². The average Bonchev–Trinajstić information content (AvgIpc) is 2.33. The third-order valence-corrected chi connectivity index (χ3v) is 1.57. The van der Waals surface area contributed by atoms with Crippen LogP contribution in [0.3, 0.4) is 0 Å². The van der Waals surface area contributed by atoms with E-state index in [9.17, 15) is 0 Å². The van der Waals surface area contributed by atoms with Crippen LogP contribution in [0.2, 0.25) is 0 Å². The molecule has 0 aliphatic rings. The van der Waals surface area contributed by atoms with Gasteiger partial charge < -0.3 is 9.63 Å². The van der Waals surface area contributed by atoms with Crippen LogP contribution >= 0.6 is 0 Å². The van der Waals surface area contributed by atoms with Crippen LogP contribution in [0.1, 0.15) is 32.5 Å². The first-order chi connectivity index (χ1) is 6.08. The first kappa shape index (κ1) is 10.2. The van der Waals surface area contributed by atoms with Crippen molar-refractivity contribution in [2.24, 2.45) is 5.92 Å². The molecule has 74 valence electrons. The zero-order chi connectivity index (χ0) is 9.84. The minimum absolute atomic E-state index is 0.413. The second-order valence-corrected chi connectivity index (χ2v) is 3.76. The normalized spacial score (nSPS) is 13.6. The first-order valence-electron chi connectivity index (χ1n) is 4.57. The van der Waals surface area contributed by atoms with Crippen LogP contribution in [-0.4, -0.2) is 21.4 Å². The molecule has 0 spiro atoms. The van der Waals surface area contributed by atoms with Crippen LogP contribution < -0.4 is 0 Å². The van der Waals surface area contributed by atoms with Crippen molar-refractivity contribution in [2.45, 2.75) is 39.7 Å². The average molecular weight is 184 g/mol. The largest absolute Gasteiger partial charge is 0.393 e. The molecule has 1 atom stereocenters. The third-order valence-electron chi connectivity index (χ3n) is 1.57. The molecule has 0 aromatic carbocycles. The molecule has 0 amide bonds. The highest BCUT2D eigenvalue weighted by Crippen LogP contribution is 2.06. The number of hydrogen-bond acceptors (Lipinski definition) is 4. The van der Waals surface area contributed by atoms with Gasteiger partial charge in [-0.1, -0.05) is 19.0 Å². The van der Waals surface area contributed by atoms with Crippen LogP contribution in [-0.2, 0) is 12.8 Å². The molecular formula is C9H16N2O2. The van der Waals surface area contributed by atoms with Gasteiger partial charge in [0.1, 0.15) is 0 Å². The number of nitrogens with zero attached hydrogens (tertiary/aromatic N) is 2. The molecule has 0 fully saturated rings. The Morgan fingerprint density at radius 3 is 2.54 bits per heavy atom. The predicted octanol–water partition coefficient (Wildman–Crippen LogP) is 1.19. The van der Waals surface area contributed by atoms with Gasteiger partial charge >= 0.3 is 0 Å². The molecule has 1 aromatic rings. The molecule has 1 heterocycles. The summed E-state index contributed by atoms with van der Waals surface area (Å²) in [7, 11) is 0. The summed E-state index contributed by atoms with van der Waals surface area (Å²) >= 11 is 0. The van der Waals surface area contributed by atoms with Crippen molar-refractivity contribution in [1.82, 2.24) is 10.1 Å². The van der Waals surface area contributed by atoms with E-state index in [1.807, 2.05) is 0 Å². The maximum Gasteiger partial charge on any atom is 0.226 e. The summed E-state index contributed by atoms with van der Waals surface area (Å²) in [5.41, 5.74) is 0. The van der Waals surface area contributed by atoms with Crippen molar-refractivity contribution >= 4 is 0 Å². The summed E-state index contributed by atoms with van der Waals surface area (Å²) in [6, 6.07) is 0. The third kappa shape index (κ3) is 3.55. The van der Waals surface area contributed by atoms with E-state index in [4.69, 9.17) is 9.63 Å². The van der Waals surface area contributed by atoms with Gasteiger partial charge in [0.25, 0.3) is 0 Å². The monoisotopic (exact) mass is 184 g/mol. The Morgan fingerprint density at radius 1 is 1.31 bits per heavy atom. The molecule has 0 radical (unpaired) electrons. The highest BCUT2D eigenvalue weighted by atomic mass is 16.5. The van der Waals surface area contributed by atoms with Crippen molar-refractivity contribution in [3.05, 3.63) is 11.7 Å². The molecule has 0 aliphatic carbocycles. The van der Waals surface area contributed by atoms with Crippen LogP contribution in [0.5, 0.6) is 0 Å². The Kier molecular flexibility index (Phi) is 3.42. The highest BCUT2D eigenvalue weighted by molar-refractivity contribution is 4.88. The topological polar surface area (TPSA) is 59.2 Å². The molecule has 4 nitrogen and oxygen atoms in total. The van der Waals surface area contributed by atoms with Crippen LogP contribution in [0.25, 0.3) is 0 Å². The molecule has 13 heavy (non-hydrogen) atoms. The standard InChI is InChI=1S/C9H16N2O2/c1-6(2)4-9-10-8(11-13-9)5-7(3)12/h6-7,12H,4-5H2,1-3H3. The minimum Gasteiger partial charge on any atom is -0.393 e. The van der Waals surface area contributed by atoms with E-state index in [1.54, 1.807) is 6.92 Å². The van der Waals surface area contributed by atoms with E-state index in [1.165, 1.54) is 0 Å². The highest BCUT2D eigenvalue weighted by Gasteiger charge is 2.09. The van der Waals surface area contributed by atoms with Gasteiger partial charge in [0.2, 0.25) is 5.89 Å².